The summed E-state index contributed by atoms with van der Waals surface area (Å²) in [6.45, 7) is 3.86. The minimum absolute atomic E-state index is 0.0494. The molecule has 1 amide bonds. The van der Waals surface area contributed by atoms with Crippen LogP contribution in [0.5, 0.6) is 5.75 Å². The number of aromatic hydroxyl groups is 1. The molecule has 0 spiro atoms. The van der Waals surface area contributed by atoms with Crippen molar-refractivity contribution in [3.05, 3.63) is 28.8 Å². The third kappa shape index (κ3) is 3.31. The Kier molecular flexibility index (Phi) is 5.89. The normalized spacial score (nSPS) is 36.8. The summed E-state index contributed by atoms with van der Waals surface area (Å²) in [7, 11) is 0. The molecule has 1 aliphatic heterocycles. The van der Waals surface area contributed by atoms with Crippen LogP contribution in [0.2, 0.25) is 0 Å². The van der Waals surface area contributed by atoms with E-state index in [0.29, 0.717) is 17.7 Å². The van der Waals surface area contributed by atoms with Crippen molar-refractivity contribution >= 4 is 29.0 Å². The number of nitrogens with zero attached hydrogens (tertiary/aromatic N) is 1. The van der Waals surface area contributed by atoms with Crippen LogP contribution in [0.15, 0.2) is 12.1 Å². The Balaban J connectivity index is 1.57. The molecule has 192 valence electrons. The largest absolute Gasteiger partial charge is 0.507 e. The number of ketones is 4. The van der Waals surface area contributed by atoms with Crippen LogP contribution in [0.3, 0.4) is 0 Å². The van der Waals surface area contributed by atoms with Gasteiger partial charge in [-0.2, -0.15) is 0 Å². The van der Waals surface area contributed by atoms with Gasteiger partial charge in [-0.25, -0.2) is 0 Å². The predicted molar refractivity (Wildman–Crippen MR) is 124 cm³/mol. The molecule has 0 radical (unpaired) electrons. The molecule has 2 unspecified atom stereocenters. The molecule has 1 aromatic carbocycles. The molecule has 36 heavy (non-hydrogen) atoms. The average Bonchev–Trinajstić information content (AvgIpc) is 2.83. The Morgan fingerprint density at radius 3 is 2.42 bits per heavy atom. The molecule has 3 fully saturated rings. The molecular weight excluding hydrogens is 468 g/mol. The van der Waals surface area contributed by atoms with E-state index in [1.165, 1.54) is 0 Å². The maximum atomic E-state index is 13.7. The number of aliphatic hydroxyl groups is 2. The van der Waals surface area contributed by atoms with E-state index in [2.05, 4.69) is 4.90 Å². The van der Waals surface area contributed by atoms with Crippen LogP contribution in [0.4, 0.5) is 0 Å². The number of carbonyl (C=O) groups is 5. The zero-order chi connectivity index (χ0) is 26.1. The first-order chi connectivity index (χ1) is 17.0. The van der Waals surface area contributed by atoms with Crippen LogP contribution >= 0.6 is 0 Å². The van der Waals surface area contributed by atoms with Gasteiger partial charge in [-0.3, -0.25) is 28.9 Å². The lowest BCUT2D eigenvalue weighted by Gasteiger charge is -2.52. The zero-order valence-electron chi connectivity index (χ0n) is 20.0. The van der Waals surface area contributed by atoms with Crippen LogP contribution in [0.25, 0.3) is 0 Å². The first-order valence-electron chi connectivity index (χ1n) is 12.4. The number of phenols is 1. The number of amides is 1. The van der Waals surface area contributed by atoms with Gasteiger partial charge in [0.1, 0.15) is 5.75 Å². The number of likely N-dealkylation sites (tertiary alicyclic amines) is 1. The highest BCUT2D eigenvalue weighted by Gasteiger charge is 2.69. The molecule has 7 atom stereocenters. The molecule has 0 aromatic heterocycles. The number of hydrogen-bond donors (Lipinski definition) is 4. The number of benzene rings is 1. The molecule has 2 saturated carbocycles. The molecule has 10 nitrogen and oxygen atoms in total. The summed E-state index contributed by atoms with van der Waals surface area (Å²) in [5.74, 6) is -12.5. The van der Waals surface area contributed by atoms with Crippen molar-refractivity contribution in [1.82, 2.24) is 4.90 Å². The Morgan fingerprint density at radius 1 is 1.11 bits per heavy atom. The lowest BCUT2D eigenvalue weighted by Crippen LogP contribution is -2.72. The van der Waals surface area contributed by atoms with Crippen molar-refractivity contribution in [3.8, 4) is 5.75 Å². The minimum atomic E-state index is -2.90. The van der Waals surface area contributed by atoms with Gasteiger partial charge in [-0.1, -0.05) is 25.5 Å². The minimum Gasteiger partial charge on any atom is -0.507 e. The molecule has 3 aliphatic carbocycles. The third-order valence-corrected chi connectivity index (χ3v) is 8.78. The Labute approximate surface area is 207 Å². The lowest BCUT2D eigenvalue weighted by molar-refractivity contribution is -0.189. The number of rotatable bonds is 3. The van der Waals surface area contributed by atoms with Crippen LogP contribution in [-0.2, 0) is 25.7 Å². The Hall–Kier alpha value is -2.95. The third-order valence-electron chi connectivity index (χ3n) is 8.78. The lowest BCUT2D eigenvalue weighted by atomic mass is 9.50. The van der Waals surface area contributed by atoms with Crippen molar-refractivity contribution in [2.45, 2.75) is 56.8 Å². The molecule has 0 bridgehead atoms. The van der Waals surface area contributed by atoms with Crippen molar-refractivity contribution in [2.75, 3.05) is 13.1 Å². The van der Waals surface area contributed by atoms with E-state index in [0.717, 1.165) is 32.4 Å². The van der Waals surface area contributed by atoms with Gasteiger partial charge in [0.2, 0.25) is 5.91 Å². The standard InChI is InChI=1S/C26H30N2O8/c1-11-13-6-5-12(10-28-7-3-2-4-8-28)20(30)17(13)22(32)19-16(11)21(31)14-9-15(29)18(25(27)35)23(33)26(14,36)24(19)34/h5-6,11,14,16,18-19,21,30-31,36H,2-4,7-10H2,1H3,(H2,27,35)/t11-,14+,16+,18?,19?,21+,26+/m0/s1. The van der Waals surface area contributed by atoms with E-state index in [4.69, 9.17) is 5.73 Å². The topological polar surface area (TPSA) is 175 Å². The van der Waals surface area contributed by atoms with E-state index < -0.39 is 76.8 Å². The molecule has 1 saturated heterocycles. The number of fused-ring (bicyclic) bond motifs is 3. The summed E-state index contributed by atoms with van der Waals surface area (Å²) in [4.78, 5) is 66.9. The number of carbonyl (C=O) groups excluding carboxylic acids is 5. The van der Waals surface area contributed by atoms with Crippen molar-refractivity contribution in [3.63, 3.8) is 0 Å². The van der Waals surface area contributed by atoms with Gasteiger partial charge in [0, 0.05) is 30.4 Å². The quantitative estimate of drug-likeness (QED) is 0.413. The molecule has 10 heteroatoms. The molecule has 1 aromatic rings. The molecule has 5 rings (SSSR count). The number of phenolic OH excluding ortho intramolecular Hbond substituents is 1. The number of primary amides is 1. The summed E-state index contributed by atoms with van der Waals surface area (Å²) < 4.78 is 0. The zero-order valence-corrected chi connectivity index (χ0v) is 20.0. The Bertz CT molecular complexity index is 1190. The average molecular weight is 499 g/mol. The monoisotopic (exact) mass is 498 g/mol. The van der Waals surface area contributed by atoms with Gasteiger partial charge in [0.25, 0.3) is 0 Å². The summed E-state index contributed by atoms with van der Waals surface area (Å²) in [6.07, 6.45) is 1.07. The van der Waals surface area contributed by atoms with E-state index in [1.54, 1.807) is 19.1 Å². The first-order valence-corrected chi connectivity index (χ1v) is 12.4. The van der Waals surface area contributed by atoms with Gasteiger partial charge >= 0.3 is 0 Å². The van der Waals surface area contributed by atoms with Gasteiger partial charge in [0.15, 0.2) is 34.7 Å². The van der Waals surface area contributed by atoms with Crippen molar-refractivity contribution in [1.29, 1.82) is 0 Å². The van der Waals surface area contributed by atoms with Crippen LogP contribution < -0.4 is 5.73 Å². The second-order valence-corrected chi connectivity index (χ2v) is 10.7. The molecular formula is C26H30N2O8. The van der Waals surface area contributed by atoms with Crippen molar-refractivity contribution in [2.24, 2.45) is 29.4 Å². The SMILES string of the molecule is C[C@H]1c2ccc(CN3CCCCC3)c(O)c2C(=O)C2C(=O)[C@]3(O)C(=O)C(C(N)=O)C(=O)C[C@@H]3[C@@H](O)[C@@H]21. The fraction of sp³-hybridized carbons (Fsp3) is 0.577. The fourth-order valence-corrected chi connectivity index (χ4v) is 6.88. The van der Waals surface area contributed by atoms with Crippen LogP contribution in [-0.4, -0.2) is 74.1 Å². The van der Waals surface area contributed by atoms with Gasteiger partial charge in [-0.15, -0.1) is 0 Å². The first kappa shape index (κ1) is 24.7. The predicted octanol–water partition coefficient (Wildman–Crippen LogP) is -0.155. The highest BCUT2D eigenvalue weighted by Crippen LogP contribution is 2.54. The number of nitrogens with two attached hydrogens (primary N) is 1. The van der Waals surface area contributed by atoms with Gasteiger partial charge in [0.05, 0.1) is 17.6 Å². The van der Waals surface area contributed by atoms with Crippen LogP contribution in [0.1, 0.15) is 60.0 Å². The summed E-state index contributed by atoms with van der Waals surface area (Å²) in [5.41, 5.74) is 3.24. The maximum Gasteiger partial charge on any atom is 0.235 e. The fourth-order valence-electron chi connectivity index (χ4n) is 6.88. The van der Waals surface area contributed by atoms with E-state index in [9.17, 15) is 39.3 Å². The second-order valence-electron chi connectivity index (χ2n) is 10.7. The molecule has 1 heterocycles. The summed E-state index contributed by atoms with van der Waals surface area (Å²) in [6, 6.07) is 3.46. The number of Topliss-reactive ketones (excluding diaryl/α,β-unsaturated/α-hetero) is 4. The number of hydrogen-bond acceptors (Lipinski definition) is 9. The highest BCUT2D eigenvalue weighted by molar-refractivity contribution is 6.31. The van der Waals surface area contributed by atoms with E-state index >= 15 is 0 Å². The van der Waals surface area contributed by atoms with Crippen LogP contribution in [0, 0.1) is 23.7 Å². The maximum absolute atomic E-state index is 13.7. The highest BCUT2D eigenvalue weighted by atomic mass is 16.3. The second kappa shape index (κ2) is 8.57. The number of piperidine rings is 1. The summed E-state index contributed by atoms with van der Waals surface area (Å²) in [5, 5.41) is 33.7. The van der Waals surface area contributed by atoms with Gasteiger partial charge in [-0.05, 0) is 37.4 Å². The van der Waals surface area contributed by atoms with E-state index in [1.807, 2.05) is 0 Å². The number of aliphatic hydroxyl groups excluding tert-OH is 1. The molecule has 5 N–H and O–H groups in total. The molecule has 4 aliphatic rings. The van der Waals surface area contributed by atoms with Gasteiger partial charge < -0.3 is 21.1 Å². The van der Waals surface area contributed by atoms with E-state index in [-0.39, 0.29) is 11.3 Å². The van der Waals surface area contributed by atoms with Crippen molar-refractivity contribution < 1.29 is 39.3 Å². The smallest absolute Gasteiger partial charge is 0.235 e. The Morgan fingerprint density at radius 2 is 1.78 bits per heavy atom. The summed E-state index contributed by atoms with van der Waals surface area (Å²) >= 11 is 0.